The lowest BCUT2D eigenvalue weighted by Crippen LogP contribution is -2.08. The first-order valence-corrected chi connectivity index (χ1v) is 5.51. The van der Waals surface area contributed by atoms with Crippen molar-refractivity contribution in [2.24, 2.45) is 5.92 Å². The highest BCUT2D eigenvalue weighted by Gasteiger charge is 2.26. The summed E-state index contributed by atoms with van der Waals surface area (Å²) in [7, 11) is 0. The van der Waals surface area contributed by atoms with Gasteiger partial charge in [-0.2, -0.15) is 0 Å². The quantitative estimate of drug-likeness (QED) is 0.735. The number of carbonyl (C=O) groups is 1. The summed E-state index contributed by atoms with van der Waals surface area (Å²) in [4.78, 5) is 11.1. The fourth-order valence-electron chi connectivity index (χ4n) is 1.96. The average molecular weight is 222 g/mol. The topological polar surface area (TPSA) is 26.3 Å². The monoisotopic (exact) mass is 222 g/mol. The average Bonchev–Trinajstić information content (AvgIpc) is 2.81. The summed E-state index contributed by atoms with van der Waals surface area (Å²) in [6.07, 6.45) is -0.209. The van der Waals surface area contributed by atoms with Gasteiger partial charge in [0, 0.05) is 18.1 Å². The second-order valence-corrected chi connectivity index (χ2v) is 4.20. The second kappa shape index (κ2) is 4.74. The fraction of sp³-hybridized carbons (Fsp3) is 0.462. The maximum Gasteiger partial charge on any atom is 0.159 e. The Morgan fingerprint density at radius 1 is 1.44 bits per heavy atom. The number of Topliss-reactive ketones (excluding diaryl/α,β-unsaturated/α-hetero) is 1. The molecule has 2 atom stereocenters. The van der Waals surface area contributed by atoms with Gasteiger partial charge in [-0.3, -0.25) is 4.79 Å². The third-order valence-electron chi connectivity index (χ3n) is 3.01. The first-order valence-electron chi connectivity index (χ1n) is 5.51. The summed E-state index contributed by atoms with van der Waals surface area (Å²) >= 11 is 0. The van der Waals surface area contributed by atoms with Crippen molar-refractivity contribution in [3.8, 4) is 0 Å². The van der Waals surface area contributed by atoms with Crippen molar-refractivity contribution in [3.05, 3.63) is 35.4 Å². The molecule has 1 heterocycles. The molecule has 1 aromatic rings. The molecule has 86 valence electrons. The van der Waals surface area contributed by atoms with Gasteiger partial charge in [0.05, 0.1) is 6.61 Å². The number of alkyl halides is 1. The molecule has 2 nitrogen and oxygen atoms in total. The summed E-state index contributed by atoms with van der Waals surface area (Å²) in [5, 5.41) is 0. The van der Waals surface area contributed by atoms with Crippen molar-refractivity contribution < 1.29 is 13.9 Å². The van der Waals surface area contributed by atoms with Crippen LogP contribution in [0.25, 0.3) is 0 Å². The first kappa shape index (κ1) is 11.3. The number of benzene rings is 1. The minimum atomic E-state index is -0.983. The molecule has 1 aliphatic heterocycles. The van der Waals surface area contributed by atoms with Gasteiger partial charge in [0.25, 0.3) is 0 Å². The molecular weight excluding hydrogens is 207 g/mol. The Morgan fingerprint density at radius 3 is 2.62 bits per heavy atom. The minimum absolute atomic E-state index is 0.00570. The van der Waals surface area contributed by atoms with Crippen LogP contribution in [0, 0.1) is 5.92 Å². The van der Waals surface area contributed by atoms with E-state index < -0.39 is 6.17 Å². The van der Waals surface area contributed by atoms with Gasteiger partial charge >= 0.3 is 0 Å². The lowest BCUT2D eigenvalue weighted by atomic mass is 9.95. The van der Waals surface area contributed by atoms with E-state index in [0.29, 0.717) is 24.3 Å². The van der Waals surface area contributed by atoms with Crippen molar-refractivity contribution in [2.45, 2.75) is 19.5 Å². The van der Waals surface area contributed by atoms with Crippen LogP contribution >= 0.6 is 0 Å². The zero-order valence-corrected chi connectivity index (χ0v) is 9.28. The predicted octanol–water partition coefficient (Wildman–Crippen LogP) is 2.94. The Morgan fingerprint density at radius 2 is 2.12 bits per heavy atom. The van der Waals surface area contributed by atoms with Crippen LogP contribution in [0.15, 0.2) is 24.3 Å². The minimum Gasteiger partial charge on any atom is -0.381 e. The molecule has 3 heteroatoms. The van der Waals surface area contributed by atoms with Gasteiger partial charge in [0.1, 0.15) is 6.17 Å². The number of ketones is 1. The van der Waals surface area contributed by atoms with Gasteiger partial charge < -0.3 is 4.74 Å². The maximum absolute atomic E-state index is 14.0. The predicted molar refractivity (Wildman–Crippen MR) is 59.2 cm³/mol. The number of ether oxygens (including phenoxy) is 1. The molecule has 1 aliphatic rings. The van der Waals surface area contributed by atoms with Crippen molar-refractivity contribution in [1.29, 1.82) is 0 Å². The third kappa shape index (κ3) is 2.30. The lowest BCUT2D eigenvalue weighted by molar-refractivity contribution is 0.101. The molecule has 0 amide bonds. The smallest absolute Gasteiger partial charge is 0.159 e. The molecule has 0 bridgehead atoms. The molecule has 0 N–H and O–H groups in total. The van der Waals surface area contributed by atoms with Crippen LogP contribution in [0.2, 0.25) is 0 Å². The summed E-state index contributed by atoms with van der Waals surface area (Å²) in [6, 6.07) is 6.75. The summed E-state index contributed by atoms with van der Waals surface area (Å²) in [5.41, 5.74) is 1.26. The summed E-state index contributed by atoms with van der Waals surface area (Å²) < 4.78 is 19.2. The summed E-state index contributed by atoms with van der Waals surface area (Å²) in [6.45, 7) is 2.65. The molecule has 2 unspecified atom stereocenters. The van der Waals surface area contributed by atoms with Crippen LogP contribution in [0.1, 0.15) is 35.4 Å². The highest BCUT2D eigenvalue weighted by Crippen LogP contribution is 2.32. The van der Waals surface area contributed by atoms with Gasteiger partial charge in [-0.15, -0.1) is 0 Å². The number of hydrogen-bond donors (Lipinski definition) is 0. The van der Waals surface area contributed by atoms with Crippen molar-refractivity contribution in [1.82, 2.24) is 0 Å². The molecule has 0 radical (unpaired) electrons. The number of halogens is 1. The summed E-state index contributed by atoms with van der Waals surface area (Å²) in [5.74, 6) is -0.0330. The van der Waals surface area contributed by atoms with Crippen molar-refractivity contribution in [3.63, 3.8) is 0 Å². The van der Waals surface area contributed by atoms with E-state index in [2.05, 4.69) is 0 Å². The van der Waals surface area contributed by atoms with E-state index in [1.54, 1.807) is 24.3 Å². The van der Waals surface area contributed by atoms with Crippen LogP contribution in [0.3, 0.4) is 0 Å². The Bertz CT molecular complexity index is 366. The van der Waals surface area contributed by atoms with E-state index >= 15 is 0 Å². The molecule has 0 aromatic heterocycles. The zero-order chi connectivity index (χ0) is 11.5. The van der Waals surface area contributed by atoms with E-state index in [1.165, 1.54) is 6.92 Å². The van der Waals surface area contributed by atoms with Gasteiger partial charge in [-0.1, -0.05) is 24.3 Å². The Kier molecular flexibility index (Phi) is 3.34. The zero-order valence-electron chi connectivity index (χ0n) is 9.28. The molecule has 0 spiro atoms. The van der Waals surface area contributed by atoms with E-state index in [9.17, 15) is 9.18 Å². The molecular formula is C13H15FO2. The second-order valence-electron chi connectivity index (χ2n) is 4.20. The fourth-order valence-corrected chi connectivity index (χ4v) is 1.96. The van der Waals surface area contributed by atoms with Gasteiger partial charge in [-0.05, 0) is 18.9 Å². The van der Waals surface area contributed by atoms with Crippen molar-refractivity contribution in [2.75, 3.05) is 13.2 Å². The van der Waals surface area contributed by atoms with Gasteiger partial charge in [0.2, 0.25) is 0 Å². The normalized spacial score (nSPS) is 22.0. The van der Waals surface area contributed by atoms with Crippen molar-refractivity contribution >= 4 is 5.78 Å². The molecule has 0 saturated carbocycles. The largest absolute Gasteiger partial charge is 0.381 e. The third-order valence-corrected chi connectivity index (χ3v) is 3.01. The highest BCUT2D eigenvalue weighted by molar-refractivity contribution is 5.94. The maximum atomic E-state index is 14.0. The first-order chi connectivity index (χ1) is 7.68. The van der Waals surface area contributed by atoms with Crippen LogP contribution in [-0.2, 0) is 4.74 Å². The Balaban J connectivity index is 2.11. The van der Waals surface area contributed by atoms with E-state index in [1.807, 2.05) is 0 Å². The number of rotatable bonds is 3. The van der Waals surface area contributed by atoms with E-state index in [-0.39, 0.29) is 11.7 Å². The standard InChI is InChI=1S/C13H15FO2/c1-9(15)10-2-4-11(5-3-10)13(14)12-6-7-16-8-12/h2-5,12-13H,6-8H2,1H3. The molecule has 1 saturated heterocycles. The molecule has 0 aliphatic carbocycles. The van der Waals surface area contributed by atoms with E-state index in [0.717, 1.165) is 6.42 Å². The lowest BCUT2D eigenvalue weighted by Gasteiger charge is -2.14. The Hall–Kier alpha value is -1.22. The molecule has 1 aromatic carbocycles. The Labute approximate surface area is 94.4 Å². The molecule has 1 fully saturated rings. The number of carbonyl (C=O) groups excluding carboxylic acids is 1. The molecule has 2 rings (SSSR count). The van der Waals surface area contributed by atoms with Gasteiger partial charge in [0.15, 0.2) is 5.78 Å². The highest BCUT2D eigenvalue weighted by atomic mass is 19.1. The van der Waals surface area contributed by atoms with Crippen LogP contribution < -0.4 is 0 Å². The van der Waals surface area contributed by atoms with Gasteiger partial charge in [-0.25, -0.2) is 4.39 Å². The van der Waals surface area contributed by atoms with Crippen LogP contribution in [0.4, 0.5) is 4.39 Å². The van der Waals surface area contributed by atoms with Crippen LogP contribution in [-0.4, -0.2) is 19.0 Å². The molecule has 16 heavy (non-hydrogen) atoms. The SMILES string of the molecule is CC(=O)c1ccc(C(F)C2CCOC2)cc1. The number of hydrogen-bond acceptors (Lipinski definition) is 2. The van der Waals surface area contributed by atoms with Crippen LogP contribution in [0.5, 0.6) is 0 Å². The van der Waals surface area contributed by atoms with E-state index in [4.69, 9.17) is 4.74 Å².